The van der Waals surface area contributed by atoms with E-state index in [1.807, 2.05) is 0 Å². The number of carbonyl (C=O) groups excluding carboxylic acids is 1. The number of benzene rings is 1. The number of rotatable bonds is 2. The summed E-state index contributed by atoms with van der Waals surface area (Å²) in [5.74, 6) is -1.28. The second kappa shape index (κ2) is 4.29. The Balaban J connectivity index is 3.21. The molecule has 0 fully saturated rings. The Bertz CT molecular complexity index is 412. The third kappa shape index (κ3) is 2.15. The molecule has 1 aromatic rings. The third-order valence-corrected chi connectivity index (χ3v) is 2.25. The average Bonchev–Trinajstić information content (AvgIpc) is 2.17. The van der Waals surface area contributed by atoms with E-state index in [1.54, 1.807) is 6.07 Å². The minimum Gasteiger partial charge on any atom is -0.288 e. The van der Waals surface area contributed by atoms with Crippen LogP contribution in [0.5, 0.6) is 0 Å². The molecule has 0 heterocycles. The van der Waals surface area contributed by atoms with Gasteiger partial charge in [-0.3, -0.25) is 4.79 Å². The molecule has 0 aliphatic heterocycles. The molecule has 0 radical (unpaired) electrons. The van der Waals surface area contributed by atoms with Crippen LogP contribution in [0, 0.1) is 11.3 Å². The van der Waals surface area contributed by atoms with Gasteiger partial charge in [0.25, 0.3) is 0 Å². The standard InChI is InChI=1S/C9H4BrF2NO/c10-7-2-1-5(4-13)3-6(7)8(14)9(11)12/h1-3,9H. The predicted octanol–water partition coefficient (Wildman–Crippen LogP) is 2.77. The van der Waals surface area contributed by atoms with Crippen molar-refractivity contribution < 1.29 is 13.6 Å². The van der Waals surface area contributed by atoms with Crippen LogP contribution in [0.3, 0.4) is 0 Å². The second-order valence-corrected chi connectivity index (χ2v) is 3.33. The zero-order valence-electron chi connectivity index (χ0n) is 6.80. The first kappa shape index (κ1) is 10.8. The predicted molar refractivity (Wildman–Crippen MR) is 49.2 cm³/mol. The molecule has 5 heteroatoms. The quantitative estimate of drug-likeness (QED) is 0.767. The number of Topliss-reactive ketones (excluding diaryl/α,β-unsaturated/α-hetero) is 1. The van der Waals surface area contributed by atoms with Gasteiger partial charge < -0.3 is 0 Å². The highest BCUT2D eigenvalue weighted by molar-refractivity contribution is 9.10. The van der Waals surface area contributed by atoms with E-state index in [9.17, 15) is 13.6 Å². The molecule has 0 aliphatic rings. The van der Waals surface area contributed by atoms with Crippen LogP contribution in [-0.4, -0.2) is 12.2 Å². The van der Waals surface area contributed by atoms with Crippen LogP contribution in [0.4, 0.5) is 8.78 Å². The number of alkyl halides is 2. The van der Waals surface area contributed by atoms with E-state index in [1.165, 1.54) is 12.1 Å². The van der Waals surface area contributed by atoms with E-state index in [-0.39, 0.29) is 15.6 Å². The van der Waals surface area contributed by atoms with Crippen LogP contribution in [0.15, 0.2) is 22.7 Å². The molecule has 0 amide bonds. The summed E-state index contributed by atoms with van der Waals surface area (Å²) >= 11 is 2.96. The fourth-order valence-corrected chi connectivity index (χ4v) is 1.34. The SMILES string of the molecule is N#Cc1ccc(Br)c(C(=O)C(F)F)c1. The molecule has 0 saturated heterocycles. The highest BCUT2D eigenvalue weighted by Crippen LogP contribution is 2.20. The maximum absolute atomic E-state index is 12.1. The highest BCUT2D eigenvalue weighted by Gasteiger charge is 2.20. The van der Waals surface area contributed by atoms with Gasteiger partial charge >= 0.3 is 6.43 Å². The molecule has 1 aromatic carbocycles. The van der Waals surface area contributed by atoms with Crippen molar-refractivity contribution in [2.75, 3.05) is 0 Å². The summed E-state index contributed by atoms with van der Waals surface area (Å²) in [4.78, 5) is 10.9. The molecule has 14 heavy (non-hydrogen) atoms. The van der Waals surface area contributed by atoms with Gasteiger partial charge in [-0.05, 0) is 18.2 Å². The average molecular weight is 260 g/mol. The van der Waals surface area contributed by atoms with Crippen LogP contribution in [-0.2, 0) is 0 Å². The van der Waals surface area contributed by atoms with Gasteiger partial charge in [0, 0.05) is 10.0 Å². The molecule has 0 unspecified atom stereocenters. The summed E-state index contributed by atoms with van der Waals surface area (Å²) in [5.41, 5.74) is 0.0104. The molecule has 0 bridgehead atoms. The molecule has 0 atom stereocenters. The second-order valence-electron chi connectivity index (χ2n) is 2.47. The summed E-state index contributed by atoms with van der Waals surface area (Å²) < 4.78 is 24.4. The fraction of sp³-hybridized carbons (Fsp3) is 0.111. The lowest BCUT2D eigenvalue weighted by Gasteiger charge is -2.02. The Labute approximate surface area is 87.3 Å². The Morgan fingerprint density at radius 3 is 2.64 bits per heavy atom. The molecule has 0 aliphatic carbocycles. The third-order valence-electron chi connectivity index (χ3n) is 1.56. The fourth-order valence-electron chi connectivity index (χ4n) is 0.901. The summed E-state index contributed by atoms with van der Waals surface area (Å²) in [5, 5.41) is 8.51. The maximum Gasteiger partial charge on any atom is 0.300 e. The van der Waals surface area contributed by atoms with Crippen molar-refractivity contribution in [1.82, 2.24) is 0 Å². The lowest BCUT2D eigenvalue weighted by atomic mass is 10.1. The lowest BCUT2D eigenvalue weighted by molar-refractivity contribution is 0.0678. The first-order valence-electron chi connectivity index (χ1n) is 3.58. The highest BCUT2D eigenvalue weighted by atomic mass is 79.9. The smallest absolute Gasteiger partial charge is 0.288 e. The van der Waals surface area contributed by atoms with Gasteiger partial charge in [0.2, 0.25) is 5.78 Å². The van der Waals surface area contributed by atoms with Crippen LogP contribution in [0.25, 0.3) is 0 Å². The van der Waals surface area contributed by atoms with E-state index in [0.29, 0.717) is 0 Å². The number of ketones is 1. The van der Waals surface area contributed by atoms with Crippen LogP contribution in [0.2, 0.25) is 0 Å². The Kier molecular flexibility index (Phi) is 3.31. The number of hydrogen-bond donors (Lipinski definition) is 0. The van der Waals surface area contributed by atoms with Crippen molar-refractivity contribution in [3.05, 3.63) is 33.8 Å². The molecular weight excluding hydrogens is 256 g/mol. The van der Waals surface area contributed by atoms with E-state index in [0.717, 1.165) is 6.07 Å². The molecule has 1 rings (SSSR count). The first-order chi connectivity index (χ1) is 6.56. The van der Waals surface area contributed by atoms with Gasteiger partial charge in [-0.1, -0.05) is 15.9 Å². The number of nitriles is 1. The van der Waals surface area contributed by atoms with Crippen molar-refractivity contribution in [3.8, 4) is 6.07 Å². The molecule has 72 valence electrons. The van der Waals surface area contributed by atoms with E-state index >= 15 is 0 Å². The molecular formula is C9H4BrF2NO. The van der Waals surface area contributed by atoms with Gasteiger partial charge in [0.1, 0.15) is 0 Å². The van der Waals surface area contributed by atoms with E-state index < -0.39 is 12.2 Å². The lowest BCUT2D eigenvalue weighted by Crippen LogP contribution is -2.11. The van der Waals surface area contributed by atoms with E-state index in [2.05, 4.69) is 15.9 Å². The number of nitrogens with zero attached hydrogens (tertiary/aromatic N) is 1. The zero-order valence-corrected chi connectivity index (χ0v) is 8.38. The van der Waals surface area contributed by atoms with Crippen LogP contribution >= 0.6 is 15.9 Å². The Hall–Kier alpha value is -1.28. The van der Waals surface area contributed by atoms with Crippen molar-refractivity contribution in [2.24, 2.45) is 0 Å². The molecule has 0 saturated carbocycles. The monoisotopic (exact) mass is 259 g/mol. The normalized spacial score (nSPS) is 9.93. The number of carbonyl (C=O) groups is 1. The zero-order chi connectivity index (χ0) is 10.7. The molecule has 0 aromatic heterocycles. The van der Waals surface area contributed by atoms with Gasteiger partial charge in [0.05, 0.1) is 11.6 Å². The number of halogens is 3. The summed E-state index contributed by atoms with van der Waals surface area (Å²) in [6.07, 6.45) is -3.06. The molecule has 0 N–H and O–H groups in total. The minimum absolute atomic E-state index is 0.168. The summed E-state index contributed by atoms with van der Waals surface area (Å²) in [6.45, 7) is 0. The molecule has 2 nitrogen and oxygen atoms in total. The Morgan fingerprint density at radius 2 is 2.14 bits per heavy atom. The van der Waals surface area contributed by atoms with Crippen molar-refractivity contribution >= 4 is 21.7 Å². The van der Waals surface area contributed by atoms with Crippen molar-refractivity contribution in [1.29, 1.82) is 5.26 Å². The Morgan fingerprint density at radius 1 is 1.50 bits per heavy atom. The summed E-state index contributed by atoms with van der Waals surface area (Å²) in [6, 6.07) is 5.74. The van der Waals surface area contributed by atoms with Gasteiger partial charge in [0.15, 0.2) is 0 Å². The first-order valence-corrected chi connectivity index (χ1v) is 4.37. The number of hydrogen-bond acceptors (Lipinski definition) is 2. The van der Waals surface area contributed by atoms with Gasteiger partial charge in [-0.2, -0.15) is 5.26 Å². The van der Waals surface area contributed by atoms with E-state index in [4.69, 9.17) is 5.26 Å². The van der Waals surface area contributed by atoms with Gasteiger partial charge in [-0.25, -0.2) is 8.78 Å². The topological polar surface area (TPSA) is 40.9 Å². The maximum atomic E-state index is 12.1. The van der Waals surface area contributed by atoms with Crippen molar-refractivity contribution in [3.63, 3.8) is 0 Å². The minimum atomic E-state index is -3.06. The summed E-state index contributed by atoms with van der Waals surface area (Å²) in [7, 11) is 0. The van der Waals surface area contributed by atoms with Gasteiger partial charge in [-0.15, -0.1) is 0 Å². The largest absolute Gasteiger partial charge is 0.300 e. The van der Waals surface area contributed by atoms with Crippen LogP contribution in [0.1, 0.15) is 15.9 Å². The van der Waals surface area contributed by atoms with Crippen LogP contribution < -0.4 is 0 Å². The van der Waals surface area contributed by atoms with Crippen molar-refractivity contribution in [2.45, 2.75) is 6.43 Å². The molecule has 0 spiro atoms.